The van der Waals surface area contributed by atoms with Crippen LogP contribution in [0.4, 0.5) is 8.78 Å². The zero-order valence-corrected chi connectivity index (χ0v) is 8.33. The van der Waals surface area contributed by atoms with Gasteiger partial charge in [-0.25, -0.2) is 13.6 Å². The van der Waals surface area contributed by atoms with Crippen LogP contribution in [0.5, 0.6) is 0 Å². The molecule has 1 heterocycles. The molecule has 0 saturated heterocycles. The molecule has 6 heteroatoms. The molecule has 1 aromatic heterocycles. The maximum Gasteiger partial charge on any atom is 0.337 e. The molecule has 0 atom stereocenters. The Labute approximate surface area is 89.2 Å². The molecule has 0 unspecified atom stereocenters. The lowest BCUT2D eigenvalue weighted by molar-refractivity contribution is 0.0601. The summed E-state index contributed by atoms with van der Waals surface area (Å²) < 4.78 is 29.5. The van der Waals surface area contributed by atoms with E-state index >= 15 is 0 Å². The first-order valence-electron chi connectivity index (χ1n) is 4.48. The average Bonchev–Trinajstić information content (AvgIpc) is 2.70. The summed E-state index contributed by atoms with van der Waals surface area (Å²) in [4.78, 5) is 11.2. The van der Waals surface area contributed by atoms with E-state index in [4.69, 9.17) is 0 Å². The summed E-state index contributed by atoms with van der Waals surface area (Å²) in [5.74, 6) is -0.525. The fourth-order valence-corrected chi connectivity index (χ4v) is 1.44. The number of halogens is 2. The molecule has 0 bridgehead atoms. The maximum absolute atomic E-state index is 12.5. The summed E-state index contributed by atoms with van der Waals surface area (Å²) in [5.41, 5.74) is 0.354. The molecule has 0 amide bonds. The van der Waals surface area contributed by atoms with Crippen molar-refractivity contribution in [3.8, 4) is 0 Å². The molecule has 16 heavy (non-hydrogen) atoms. The second-order valence-corrected chi connectivity index (χ2v) is 3.16. The predicted molar refractivity (Wildman–Crippen MR) is 52.4 cm³/mol. The SMILES string of the molecule is COC(=O)c1ccc2c(C(F)F)[nH]nc2c1. The quantitative estimate of drug-likeness (QED) is 0.799. The normalized spacial score (nSPS) is 11.0. The first-order chi connectivity index (χ1) is 7.63. The Hall–Kier alpha value is -1.98. The van der Waals surface area contributed by atoms with E-state index in [2.05, 4.69) is 14.9 Å². The molecule has 0 spiro atoms. The summed E-state index contributed by atoms with van der Waals surface area (Å²) >= 11 is 0. The molecule has 0 aliphatic heterocycles. The predicted octanol–water partition coefficient (Wildman–Crippen LogP) is 2.29. The topological polar surface area (TPSA) is 55.0 Å². The van der Waals surface area contributed by atoms with Gasteiger partial charge in [-0.2, -0.15) is 5.10 Å². The molecule has 84 valence electrons. The van der Waals surface area contributed by atoms with E-state index in [1.807, 2.05) is 0 Å². The molecule has 1 aromatic carbocycles. The number of nitrogens with one attached hydrogen (secondary N) is 1. The highest BCUT2D eigenvalue weighted by molar-refractivity contribution is 5.94. The molecule has 0 aliphatic rings. The minimum absolute atomic E-state index is 0.244. The monoisotopic (exact) mass is 226 g/mol. The number of methoxy groups -OCH3 is 1. The van der Waals surface area contributed by atoms with Crippen LogP contribution >= 0.6 is 0 Å². The van der Waals surface area contributed by atoms with Gasteiger partial charge >= 0.3 is 5.97 Å². The molecule has 0 saturated carbocycles. The van der Waals surface area contributed by atoms with Crippen molar-refractivity contribution in [3.05, 3.63) is 29.5 Å². The van der Waals surface area contributed by atoms with Gasteiger partial charge in [0, 0.05) is 5.39 Å². The zero-order chi connectivity index (χ0) is 11.7. The van der Waals surface area contributed by atoms with Crippen LogP contribution in [-0.2, 0) is 4.74 Å². The number of aromatic amines is 1. The number of benzene rings is 1. The average molecular weight is 226 g/mol. The van der Waals surface area contributed by atoms with Crippen molar-refractivity contribution in [1.29, 1.82) is 0 Å². The highest BCUT2D eigenvalue weighted by atomic mass is 19.3. The van der Waals surface area contributed by atoms with Crippen LogP contribution in [0.15, 0.2) is 18.2 Å². The molecule has 2 rings (SSSR count). The van der Waals surface area contributed by atoms with Crippen LogP contribution in [0.2, 0.25) is 0 Å². The summed E-state index contributed by atoms with van der Waals surface area (Å²) in [7, 11) is 1.25. The molecule has 1 N–H and O–H groups in total. The number of esters is 1. The molecule has 2 aromatic rings. The van der Waals surface area contributed by atoms with Crippen molar-refractivity contribution in [3.63, 3.8) is 0 Å². The van der Waals surface area contributed by atoms with Crippen LogP contribution in [0.1, 0.15) is 22.5 Å². The van der Waals surface area contributed by atoms with E-state index in [9.17, 15) is 13.6 Å². The third-order valence-electron chi connectivity index (χ3n) is 2.22. The number of carbonyl (C=O) groups is 1. The number of hydrogen-bond acceptors (Lipinski definition) is 3. The second kappa shape index (κ2) is 3.88. The largest absolute Gasteiger partial charge is 0.465 e. The van der Waals surface area contributed by atoms with Gasteiger partial charge in [-0.05, 0) is 18.2 Å². The number of hydrogen-bond donors (Lipinski definition) is 1. The smallest absolute Gasteiger partial charge is 0.337 e. The highest BCUT2D eigenvalue weighted by Crippen LogP contribution is 2.25. The van der Waals surface area contributed by atoms with E-state index in [1.54, 1.807) is 0 Å². The number of fused-ring (bicyclic) bond motifs is 1. The Bertz CT molecular complexity index is 537. The summed E-state index contributed by atoms with van der Waals surface area (Å²) in [6, 6.07) is 4.26. The van der Waals surface area contributed by atoms with Crippen LogP contribution in [0.25, 0.3) is 10.9 Å². The van der Waals surface area contributed by atoms with Gasteiger partial charge in [-0.3, -0.25) is 5.10 Å². The van der Waals surface area contributed by atoms with Crippen LogP contribution < -0.4 is 0 Å². The van der Waals surface area contributed by atoms with Gasteiger partial charge in [0.15, 0.2) is 0 Å². The van der Waals surface area contributed by atoms with Crippen molar-refractivity contribution < 1.29 is 18.3 Å². The Balaban J connectivity index is 2.53. The summed E-state index contributed by atoms with van der Waals surface area (Å²) in [6.07, 6.45) is -2.62. The fraction of sp³-hybridized carbons (Fsp3) is 0.200. The zero-order valence-electron chi connectivity index (χ0n) is 8.33. The molecule has 0 radical (unpaired) electrons. The van der Waals surface area contributed by atoms with Crippen molar-refractivity contribution in [1.82, 2.24) is 10.2 Å². The van der Waals surface area contributed by atoms with Gasteiger partial charge in [0.05, 0.1) is 18.2 Å². The van der Waals surface area contributed by atoms with Crippen LogP contribution in [0, 0.1) is 0 Å². The van der Waals surface area contributed by atoms with Gasteiger partial charge in [0.2, 0.25) is 0 Å². The number of rotatable bonds is 2. The number of aromatic nitrogens is 2. The van der Waals surface area contributed by atoms with E-state index in [-0.39, 0.29) is 11.3 Å². The number of alkyl halides is 2. The second-order valence-electron chi connectivity index (χ2n) is 3.16. The summed E-state index contributed by atoms with van der Waals surface area (Å²) in [6.45, 7) is 0. The first kappa shape index (κ1) is 10.5. The van der Waals surface area contributed by atoms with E-state index in [0.29, 0.717) is 10.9 Å². The van der Waals surface area contributed by atoms with E-state index < -0.39 is 12.4 Å². The lowest BCUT2D eigenvalue weighted by atomic mass is 10.1. The Morgan fingerprint density at radius 2 is 2.25 bits per heavy atom. The van der Waals surface area contributed by atoms with Gasteiger partial charge < -0.3 is 4.74 Å². The lowest BCUT2D eigenvalue weighted by Gasteiger charge is -1.99. The fourth-order valence-electron chi connectivity index (χ4n) is 1.44. The first-order valence-corrected chi connectivity index (χ1v) is 4.48. The van der Waals surface area contributed by atoms with E-state index in [1.165, 1.54) is 25.3 Å². The Morgan fingerprint density at radius 3 is 2.88 bits per heavy atom. The van der Waals surface area contributed by atoms with Gasteiger partial charge in [-0.1, -0.05) is 0 Å². The Morgan fingerprint density at radius 1 is 1.50 bits per heavy atom. The van der Waals surface area contributed by atoms with Gasteiger partial charge in [0.25, 0.3) is 6.43 Å². The third kappa shape index (κ3) is 1.62. The maximum atomic E-state index is 12.5. The van der Waals surface area contributed by atoms with Gasteiger partial charge in [0.1, 0.15) is 5.69 Å². The Kier molecular flexibility index (Phi) is 2.55. The number of H-pyrrole nitrogens is 1. The van der Waals surface area contributed by atoms with Crippen molar-refractivity contribution >= 4 is 16.9 Å². The molecule has 0 fully saturated rings. The van der Waals surface area contributed by atoms with Crippen molar-refractivity contribution in [2.45, 2.75) is 6.43 Å². The summed E-state index contributed by atoms with van der Waals surface area (Å²) in [5, 5.41) is 6.26. The van der Waals surface area contributed by atoms with E-state index in [0.717, 1.165) is 0 Å². The number of carbonyl (C=O) groups excluding carboxylic acids is 1. The molecular weight excluding hydrogens is 218 g/mol. The number of ether oxygens (including phenoxy) is 1. The highest BCUT2D eigenvalue weighted by Gasteiger charge is 2.16. The number of nitrogens with zero attached hydrogens (tertiary/aromatic N) is 1. The third-order valence-corrected chi connectivity index (χ3v) is 2.22. The lowest BCUT2D eigenvalue weighted by Crippen LogP contribution is -2.00. The van der Waals surface area contributed by atoms with Gasteiger partial charge in [-0.15, -0.1) is 0 Å². The molecule has 4 nitrogen and oxygen atoms in total. The minimum atomic E-state index is -2.62. The molecule has 0 aliphatic carbocycles. The van der Waals surface area contributed by atoms with Crippen LogP contribution in [-0.4, -0.2) is 23.3 Å². The molecular formula is C10H8F2N2O2. The van der Waals surface area contributed by atoms with Crippen LogP contribution in [0.3, 0.4) is 0 Å². The van der Waals surface area contributed by atoms with Crippen molar-refractivity contribution in [2.24, 2.45) is 0 Å². The standard InChI is InChI=1S/C10H8F2N2O2/c1-16-10(15)5-2-3-6-7(4-5)13-14-8(6)9(11)12/h2-4,9H,1H3,(H,13,14). The minimum Gasteiger partial charge on any atom is -0.465 e. The van der Waals surface area contributed by atoms with Crippen molar-refractivity contribution in [2.75, 3.05) is 7.11 Å².